The number of halogens is 2. The highest BCUT2D eigenvalue weighted by atomic mass is 35.5. The van der Waals surface area contributed by atoms with Crippen molar-refractivity contribution in [3.05, 3.63) is 34.9 Å². The molecule has 3 atom stereocenters. The smallest absolute Gasteiger partial charge is 0.233 e. The largest absolute Gasteiger partial charge is 0.341 e. The third-order valence-corrected chi connectivity index (χ3v) is 6.46. The fraction of sp³-hybridized carbons (Fsp3) is 0.632. The van der Waals surface area contributed by atoms with Crippen LogP contribution in [0, 0.1) is 11.8 Å². The maximum Gasteiger partial charge on any atom is 0.233 e. The van der Waals surface area contributed by atoms with Crippen LogP contribution in [-0.4, -0.2) is 29.9 Å². The van der Waals surface area contributed by atoms with Crippen LogP contribution in [0.15, 0.2) is 24.3 Å². The molecule has 0 spiro atoms. The lowest BCUT2D eigenvalue weighted by Crippen LogP contribution is -2.46. The van der Waals surface area contributed by atoms with Gasteiger partial charge in [-0.15, -0.1) is 12.4 Å². The SMILES string of the molecule is CCC(CC)(C(=O)N1CC2CCC(N)C2C1)c1ccc(Cl)cc1.Cl. The maximum absolute atomic E-state index is 13.4. The van der Waals surface area contributed by atoms with Gasteiger partial charge in [0.15, 0.2) is 0 Å². The molecule has 0 radical (unpaired) electrons. The Hall–Kier alpha value is -0.770. The first-order valence-corrected chi connectivity index (χ1v) is 9.20. The van der Waals surface area contributed by atoms with E-state index in [0.717, 1.165) is 37.9 Å². The highest BCUT2D eigenvalue weighted by Crippen LogP contribution is 2.41. The minimum Gasteiger partial charge on any atom is -0.341 e. The molecule has 1 heterocycles. The minimum absolute atomic E-state index is 0. The molecule has 0 bridgehead atoms. The third kappa shape index (κ3) is 3.18. The first-order chi connectivity index (χ1) is 11.0. The summed E-state index contributed by atoms with van der Waals surface area (Å²) in [5, 5.41) is 0.712. The van der Waals surface area contributed by atoms with Gasteiger partial charge in [-0.3, -0.25) is 4.79 Å². The molecule has 2 N–H and O–H groups in total. The molecule has 5 heteroatoms. The van der Waals surface area contributed by atoms with Crippen molar-refractivity contribution >= 4 is 29.9 Å². The van der Waals surface area contributed by atoms with Crippen LogP contribution in [0.25, 0.3) is 0 Å². The summed E-state index contributed by atoms with van der Waals surface area (Å²) in [6.07, 6.45) is 3.90. The number of hydrogen-bond donors (Lipinski definition) is 1. The van der Waals surface area contributed by atoms with Crippen LogP contribution < -0.4 is 5.73 Å². The molecule has 1 aliphatic carbocycles. The molecule has 2 fully saturated rings. The summed E-state index contributed by atoms with van der Waals surface area (Å²) in [4.78, 5) is 15.5. The Labute approximate surface area is 156 Å². The average molecular weight is 371 g/mol. The lowest BCUT2D eigenvalue weighted by atomic mass is 9.74. The molecule has 1 aliphatic heterocycles. The van der Waals surface area contributed by atoms with E-state index in [1.54, 1.807) is 0 Å². The van der Waals surface area contributed by atoms with E-state index in [0.29, 0.717) is 16.9 Å². The second-order valence-corrected chi connectivity index (χ2v) is 7.61. The van der Waals surface area contributed by atoms with Crippen molar-refractivity contribution in [2.75, 3.05) is 13.1 Å². The quantitative estimate of drug-likeness (QED) is 0.869. The van der Waals surface area contributed by atoms with Gasteiger partial charge in [0.25, 0.3) is 0 Å². The molecule has 3 rings (SSSR count). The first-order valence-electron chi connectivity index (χ1n) is 8.82. The Morgan fingerprint density at radius 3 is 2.38 bits per heavy atom. The highest BCUT2D eigenvalue weighted by molar-refractivity contribution is 6.30. The van der Waals surface area contributed by atoms with Gasteiger partial charge in [-0.25, -0.2) is 0 Å². The normalized spacial score (nSPS) is 26.2. The number of carbonyl (C=O) groups excluding carboxylic acids is 1. The average Bonchev–Trinajstić information content (AvgIpc) is 3.13. The second-order valence-electron chi connectivity index (χ2n) is 7.17. The van der Waals surface area contributed by atoms with Gasteiger partial charge in [-0.2, -0.15) is 0 Å². The summed E-state index contributed by atoms with van der Waals surface area (Å²) in [7, 11) is 0. The van der Waals surface area contributed by atoms with Crippen molar-refractivity contribution in [1.82, 2.24) is 4.90 Å². The topological polar surface area (TPSA) is 46.3 Å². The van der Waals surface area contributed by atoms with Crippen molar-refractivity contribution < 1.29 is 4.79 Å². The number of nitrogens with two attached hydrogens (primary N) is 1. The number of amides is 1. The van der Waals surface area contributed by atoms with Gasteiger partial charge in [0, 0.05) is 24.2 Å². The lowest BCUT2D eigenvalue weighted by molar-refractivity contribution is -0.137. The van der Waals surface area contributed by atoms with E-state index in [4.69, 9.17) is 17.3 Å². The first kappa shape index (κ1) is 19.6. The molecule has 1 saturated heterocycles. The lowest BCUT2D eigenvalue weighted by Gasteiger charge is -2.35. The Morgan fingerprint density at radius 2 is 1.83 bits per heavy atom. The predicted molar refractivity (Wildman–Crippen MR) is 102 cm³/mol. The van der Waals surface area contributed by atoms with Crippen molar-refractivity contribution in [3.8, 4) is 0 Å². The summed E-state index contributed by atoms with van der Waals surface area (Å²) < 4.78 is 0. The zero-order chi connectivity index (χ0) is 16.6. The van der Waals surface area contributed by atoms with E-state index in [-0.39, 0.29) is 24.4 Å². The van der Waals surface area contributed by atoms with Crippen LogP contribution in [0.2, 0.25) is 5.02 Å². The van der Waals surface area contributed by atoms with E-state index in [1.807, 2.05) is 24.3 Å². The van der Waals surface area contributed by atoms with Gasteiger partial charge < -0.3 is 10.6 Å². The van der Waals surface area contributed by atoms with Crippen LogP contribution >= 0.6 is 24.0 Å². The molecule has 3 nitrogen and oxygen atoms in total. The van der Waals surface area contributed by atoms with E-state index < -0.39 is 5.41 Å². The third-order valence-electron chi connectivity index (χ3n) is 6.21. The molecule has 24 heavy (non-hydrogen) atoms. The standard InChI is InChI=1S/C19H27ClN2O.ClH/c1-3-19(4-2,14-6-8-15(20)9-7-14)18(23)22-11-13-5-10-17(21)16(13)12-22;/h6-9,13,16-17H,3-5,10-12,21H2,1-2H3;1H. The number of fused-ring (bicyclic) bond motifs is 1. The fourth-order valence-corrected chi connectivity index (χ4v) is 4.76. The molecule has 1 saturated carbocycles. The van der Waals surface area contributed by atoms with Crippen molar-refractivity contribution in [1.29, 1.82) is 0 Å². The van der Waals surface area contributed by atoms with E-state index in [1.165, 1.54) is 6.42 Å². The Kier molecular flexibility index (Phi) is 6.22. The number of benzene rings is 1. The highest BCUT2D eigenvalue weighted by Gasteiger charge is 2.47. The molecule has 1 aromatic rings. The predicted octanol–water partition coefficient (Wildman–Crippen LogP) is 4.02. The van der Waals surface area contributed by atoms with Crippen molar-refractivity contribution in [2.24, 2.45) is 17.6 Å². The Morgan fingerprint density at radius 1 is 1.21 bits per heavy atom. The summed E-state index contributed by atoms with van der Waals surface area (Å²) in [6.45, 7) is 5.93. The number of carbonyl (C=O) groups is 1. The van der Waals surface area contributed by atoms with E-state index in [9.17, 15) is 4.79 Å². The van der Waals surface area contributed by atoms with E-state index >= 15 is 0 Å². The molecule has 1 amide bonds. The van der Waals surface area contributed by atoms with Gasteiger partial charge in [-0.05, 0) is 55.2 Å². The Bertz CT molecular complexity index is 571. The van der Waals surface area contributed by atoms with Crippen molar-refractivity contribution in [2.45, 2.75) is 51.0 Å². The minimum atomic E-state index is -0.437. The summed E-state index contributed by atoms with van der Waals surface area (Å²) in [5.74, 6) is 1.37. The molecule has 2 aliphatic rings. The molecule has 0 aromatic heterocycles. The van der Waals surface area contributed by atoms with Crippen LogP contribution in [0.1, 0.15) is 45.1 Å². The number of hydrogen-bond acceptors (Lipinski definition) is 2. The molecule has 134 valence electrons. The molecule has 1 aromatic carbocycles. The Balaban J connectivity index is 0.00000208. The monoisotopic (exact) mass is 370 g/mol. The fourth-order valence-electron chi connectivity index (χ4n) is 4.63. The zero-order valence-corrected chi connectivity index (χ0v) is 16.1. The maximum atomic E-state index is 13.4. The number of nitrogens with zero attached hydrogens (tertiary/aromatic N) is 1. The van der Waals surface area contributed by atoms with Crippen molar-refractivity contribution in [3.63, 3.8) is 0 Å². The van der Waals surface area contributed by atoms with Gasteiger partial charge in [0.1, 0.15) is 0 Å². The summed E-state index contributed by atoms with van der Waals surface area (Å²) in [6, 6.07) is 8.06. The zero-order valence-electron chi connectivity index (χ0n) is 14.5. The number of likely N-dealkylation sites (tertiary alicyclic amines) is 1. The molecular weight excluding hydrogens is 343 g/mol. The molecule has 3 unspecified atom stereocenters. The van der Waals surface area contributed by atoms with E-state index in [2.05, 4.69) is 18.7 Å². The van der Waals surface area contributed by atoms with Crippen LogP contribution in [0.5, 0.6) is 0 Å². The van der Waals surface area contributed by atoms with Crippen LogP contribution in [-0.2, 0) is 10.2 Å². The van der Waals surface area contributed by atoms with Gasteiger partial charge in [0.05, 0.1) is 5.41 Å². The van der Waals surface area contributed by atoms with Gasteiger partial charge >= 0.3 is 0 Å². The van der Waals surface area contributed by atoms with Gasteiger partial charge in [-0.1, -0.05) is 37.6 Å². The van der Waals surface area contributed by atoms with Crippen LogP contribution in [0.3, 0.4) is 0 Å². The summed E-state index contributed by atoms with van der Waals surface area (Å²) >= 11 is 6.03. The molecular formula is C19H28Cl2N2O. The van der Waals surface area contributed by atoms with Gasteiger partial charge in [0.2, 0.25) is 5.91 Å². The van der Waals surface area contributed by atoms with Crippen LogP contribution in [0.4, 0.5) is 0 Å². The second kappa shape index (κ2) is 7.63. The summed E-state index contributed by atoms with van der Waals surface area (Å²) in [5.41, 5.74) is 6.88. The number of rotatable bonds is 4.